The Labute approximate surface area is 140 Å². The summed E-state index contributed by atoms with van der Waals surface area (Å²) in [4.78, 5) is 6.88. The van der Waals surface area contributed by atoms with Crippen molar-refractivity contribution in [3.05, 3.63) is 24.6 Å². The Kier molecular flexibility index (Phi) is 10.2. The van der Waals surface area contributed by atoms with Crippen molar-refractivity contribution in [2.45, 2.75) is 39.5 Å². The van der Waals surface area contributed by atoms with E-state index in [0.717, 1.165) is 24.5 Å². The van der Waals surface area contributed by atoms with Crippen LogP contribution in [0, 0.1) is 6.92 Å². The van der Waals surface area contributed by atoms with Crippen LogP contribution in [0.1, 0.15) is 45.1 Å². The number of hydrogen-bond donors (Lipinski definition) is 0. The standard InChI is InChI=1S/C15H25N2O.Na/c1-5-7-11-17(12-8-6-2)14-10-9-13(3)15(16-14)18-4;/h9-10H,3,5-8,11-12H2,1-2,4H3;/q-1;+1. The van der Waals surface area contributed by atoms with Crippen molar-refractivity contribution in [3.8, 4) is 5.88 Å². The van der Waals surface area contributed by atoms with Gasteiger partial charge in [0, 0.05) is 13.1 Å². The second-order valence-corrected chi connectivity index (χ2v) is 4.53. The smallest absolute Gasteiger partial charge is 0.537 e. The predicted octanol–water partition coefficient (Wildman–Crippen LogP) is 0.683. The molecule has 0 N–H and O–H groups in total. The molecule has 0 bridgehead atoms. The van der Waals surface area contributed by atoms with E-state index in [2.05, 4.69) is 30.7 Å². The monoisotopic (exact) mass is 272 g/mol. The van der Waals surface area contributed by atoms with Crippen LogP contribution in [0.5, 0.6) is 5.88 Å². The summed E-state index contributed by atoms with van der Waals surface area (Å²) in [6, 6.07) is 4.02. The Morgan fingerprint density at radius 1 is 1.16 bits per heavy atom. The molecule has 0 spiro atoms. The van der Waals surface area contributed by atoms with Crippen LogP contribution in [0.15, 0.2) is 12.1 Å². The minimum Gasteiger partial charge on any atom is -0.537 e. The minimum absolute atomic E-state index is 0. The second-order valence-electron chi connectivity index (χ2n) is 4.53. The van der Waals surface area contributed by atoms with Crippen LogP contribution in [0.2, 0.25) is 0 Å². The number of nitrogens with zero attached hydrogens (tertiary/aromatic N) is 2. The fraction of sp³-hybridized carbons (Fsp3) is 0.600. The van der Waals surface area contributed by atoms with Gasteiger partial charge in [-0.3, -0.25) is 4.98 Å². The summed E-state index contributed by atoms with van der Waals surface area (Å²) in [6.45, 7) is 10.5. The molecule has 0 unspecified atom stereocenters. The molecule has 0 aromatic carbocycles. The summed E-state index contributed by atoms with van der Waals surface area (Å²) in [5.41, 5.74) is 0.840. The topological polar surface area (TPSA) is 25.4 Å². The minimum atomic E-state index is 0. The van der Waals surface area contributed by atoms with Crippen molar-refractivity contribution in [2.24, 2.45) is 0 Å². The molecule has 3 nitrogen and oxygen atoms in total. The van der Waals surface area contributed by atoms with E-state index in [1.165, 1.54) is 25.7 Å². The zero-order valence-electron chi connectivity index (χ0n) is 12.9. The summed E-state index contributed by atoms with van der Waals surface area (Å²) >= 11 is 0. The maximum absolute atomic E-state index is 5.24. The molecule has 19 heavy (non-hydrogen) atoms. The molecule has 1 heterocycles. The van der Waals surface area contributed by atoms with E-state index >= 15 is 0 Å². The molecule has 0 atom stereocenters. The first-order chi connectivity index (χ1) is 8.72. The maximum atomic E-state index is 5.24. The first kappa shape index (κ1) is 18.6. The number of unbranched alkanes of at least 4 members (excludes halogenated alkanes) is 2. The quantitative estimate of drug-likeness (QED) is 0.514. The van der Waals surface area contributed by atoms with E-state index in [9.17, 15) is 0 Å². The van der Waals surface area contributed by atoms with Crippen LogP contribution in [0.25, 0.3) is 0 Å². The van der Waals surface area contributed by atoms with Crippen molar-refractivity contribution < 1.29 is 34.3 Å². The molecule has 102 valence electrons. The van der Waals surface area contributed by atoms with Gasteiger partial charge in [0.25, 0.3) is 0 Å². The van der Waals surface area contributed by atoms with Gasteiger partial charge in [-0.25, -0.2) is 0 Å². The Bertz CT molecular complexity index is 350. The van der Waals surface area contributed by atoms with Gasteiger partial charge in [0.15, 0.2) is 0 Å². The van der Waals surface area contributed by atoms with Crippen LogP contribution in [0.4, 0.5) is 5.82 Å². The van der Waals surface area contributed by atoms with Gasteiger partial charge >= 0.3 is 29.6 Å². The molecule has 1 aromatic rings. The maximum Gasteiger partial charge on any atom is 1.00 e. The number of pyridine rings is 1. The Balaban J connectivity index is 0.00000324. The van der Waals surface area contributed by atoms with Crippen molar-refractivity contribution >= 4 is 5.82 Å². The van der Waals surface area contributed by atoms with Gasteiger partial charge in [0.2, 0.25) is 0 Å². The van der Waals surface area contributed by atoms with Crippen molar-refractivity contribution in [1.82, 2.24) is 4.98 Å². The van der Waals surface area contributed by atoms with Crippen molar-refractivity contribution in [3.63, 3.8) is 0 Å². The average molecular weight is 272 g/mol. The summed E-state index contributed by atoms with van der Waals surface area (Å²) in [6.07, 6.45) is 4.79. The number of aromatic nitrogens is 1. The Hall–Kier alpha value is -0.380. The normalized spacial score (nSPS) is 9.84. The Morgan fingerprint density at radius 3 is 2.21 bits per heavy atom. The van der Waals surface area contributed by atoms with Gasteiger partial charge in [-0.15, -0.1) is 5.56 Å². The molecule has 0 radical (unpaired) electrons. The molecule has 0 fully saturated rings. The molecule has 0 saturated heterocycles. The third-order valence-electron chi connectivity index (χ3n) is 3.00. The van der Waals surface area contributed by atoms with Crippen molar-refractivity contribution in [2.75, 3.05) is 25.1 Å². The van der Waals surface area contributed by atoms with Crippen LogP contribution in [-0.2, 0) is 0 Å². The third-order valence-corrected chi connectivity index (χ3v) is 3.00. The summed E-state index contributed by atoms with van der Waals surface area (Å²) in [7, 11) is 1.64. The van der Waals surface area contributed by atoms with E-state index in [1.54, 1.807) is 7.11 Å². The molecule has 0 amide bonds. The predicted molar refractivity (Wildman–Crippen MR) is 77.3 cm³/mol. The molecular formula is C15H25N2NaO. The molecule has 4 heteroatoms. The summed E-state index contributed by atoms with van der Waals surface area (Å²) in [5, 5.41) is 0. The molecule has 0 saturated carbocycles. The number of ether oxygens (including phenoxy) is 1. The largest absolute Gasteiger partial charge is 1.00 e. The van der Waals surface area contributed by atoms with E-state index < -0.39 is 0 Å². The van der Waals surface area contributed by atoms with Crippen LogP contribution < -0.4 is 39.2 Å². The first-order valence-corrected chi connectivity index (χ1v) is 6.84. The third kappa shape index (κ3) is 6.07. The van der Waals surface area contributed by atoms with Crippen molar-refractivity contribution in [1.29, 1.82) is 0 Å². The molecule has 0 aliphatic carbocycles. The van der Waals surface area contributed by atoms with E-state index in [0.29, 0.717) is 5.88 Å². The van der Waals surface area contributed by atoms with Gasteiger partial charge < -0.3 is 9.64 Å². The van der Waals surface area contributed by atoms with Crippen LogP contribution in [0.3, 0.4) is 0 Å². The SMILES string of the molecule is [CH2-]c1ccc(N(CCCC)CCCC)nc1OC.[Na+]. The molecular weight excluding hydrogens is 247 g/mol. The zero-order valence-corrected chi connectivity index (χ0v) is 14.9. The number of methoxy groups -OCH3 is 1. The fourth-order valence-electron chi connectivity index (χ4n) is 1.85. The van der Waals surface area contributed by atoms with Gasteiger partial charge in [0.1, 0.15) is 11.7 Å². The zero-order chi connectivity index (χ0) is 13.4. The average Bonchev–Trinajstić information content (AvgIpc) is 2.40. The van der Waals surface area contributed by atoms with Crippen LogP contribution in [-0.4, -0.2) is 25.2 Å². The second kappa shape index (κ2) is 10.4. The molecule has 0 aliphatic rings. The summed E-state index contributed by atoms with van der Waals surface area (Å²) in [5.74, 6) is 1.63. The van der Waals surface area contributed by atoms with E-state index in [-0.39, 0.29) is 29.6 Å². The van der Waals surface area contributed by atoms with Gasteiger partial charge in [-0.1, -0.05) is 32.8 Å². The number of rotatable bonds is 8. The summed E-state index contributed by atoms with van der Waals surface area (Å²) < 4.78 is 5.24. The molecule has 0 aliphatic heterocycles. The first-order valence-electron chi connectivity index (χ1n) is 6.84. The fourth-order valence-corrected chi connectivity index (χ4v) is 1.85. The van der Waals surface area contributed by atoms with Gasteiger partial charge in [-0.2, -0.15) is 13.0 Å². The number of hydrogen-bond acceptors (Lipinski definition) is 3. The van der Waals surface area contributed by atoms with Crippen LogP contribution >= 0.6 is 0 Å². The Morgan fingerprint density at radius 2 is 1.74 bits per heavy atom. The van der Waals surface area contributed by atoms with E-state index in [4.69, 9.17) is 4.74 Å². The van der Waals surface area contributed by atoms with Gasteiger partial charge in [-0.05, 0) is 12.8 Å². The van der Waals surface area contributed by atoms with E-state index in [1.807, 2.05) is 12.1 Å². The molecule has 1 rings (SSSR count). The number of anilines is 1. The van der Waals surface area contributed by atoms with Gasteiger partial charge in [0.05, 0.1) is 7.11 Å². The molecule has 1 aromatic heterocycles.